The van der Waals surface area contributed by atoms with Crippen molar-refractivity contribution in [3.8, 4) is 11.5 Å². The molecule has 0 aromatic heterocycles. The van der Waals surface area contributed by atoms with Crippen LogP contribution in [-0.4, -0.2) is 66.8 Å². The molecule has 2 amide bonds. The lowest BCUT2D eigenvalue weighted by atomic mass is 9.89. The van der Waals surface area contributed by atoms with E-state index in [4.69, 9.17) is 24.1 Å². The average molecular weight is 380 g/mol. The molecule has 0 radical (unpaired) electrons. The Morgan fingerprint density at radius 3 is 2.67 bits per heavy atom. The molecule has 2 aliphatic heterocycles. The van der Waals surface area contributed by atoms with Gasteiger partial charge in [-0.3, -0.25) is 4.79 Å². The number of benzene rings is 1. The van der Waals surface area contributed by atoms with Gasteiger partial charge in [-0.05, 0) is 26.0 Å². The van der Waals surface area contributed by atoms with E-state index in [-0.39, 0.29) is 19.1 Å². The molecule has 0 aliphatic carbocycles. The van der Waals surface area contributed by atoms with Gasteiger partial charge in [-0.1, -0.05) is 0 Å². The van der Waals surface area contributed by atoms with Crippen molar-refractivity contribution >= 4 is 12.0 Å². The highest BCUT2D eigenvalue weighted by molar-refractivity contribution is 5.92. The molecule has 27 heavy (non-hydrogen) atoms. The van der Waals surface area contributed by atoms with Gasteiger partial charge in [-0.25, -0.2) is 4.79 Å². The Hall–Kier alpha value is -2.52. The molecule has 3 atom stereocenters. The first kappa shape index (κ1) is 19.2. The minimum Gasteiger partial charge on any atom is -0.497 e. The number of nitrogens with one attached hydrogen (secondary N) is 1. The smallest absolute Gasteiger partial charge is 0.405 e. The normalized spacial score (nSPS) is 26.4. The summed E-state index contributed by atoms with van der Waals surface area (Å²) in [7, 11) is 3.10. The summed E-state index contributed by atoms with van der Waals surface area (Å²) in [6, 6.07) is 3.99. The number of ether oxygens (including phenoxy) is 4. The van der Waals surface area contributed by atoms with E-state index in [2.05, 4.69) is 5.32 Å². The van der Waals surface area contributed by atoms with Crippen LogP contribution in [0, 0.1) is 0 Å². The summed E-state index contributed by atoms with van der Waals surface area (Å²) >= 11 is 0. The van der Waals surface area contributed by atoms with E-state index in [0.717, 1.165) is 5.56 Å². The van der Waals surface area contributed by atoms with Crippen molar-refractivity contribution in [2.24, 2.45) is 0 Å². The van der Waals surface area contributed by atoms with E-state index in [0.29, 0.717) is 11.5 Å². The van der Waals surface area contributed by atoms with Crippen molar-refractivity contribution in [1.82, 2.24) is 10.2 Å². The van der Waals surface area contributed by atoms with Crippen molar-refractivity contribution in [3.63, 3.8) is 0 Å². The van der Waals surface area contributed by atoms with Crippen LogP contribution in [0.4, 0.5) is 4.79 Å². The van der Waals surface area contributed by atoms with Crippen molar-refractivity contribution in [2.45, 2.75) is 44.4 Å². The van der Waals surface area contributed by atoms with Gasteiger partial charge in [-0.15, -0.1) is 0 Å². The third-order valence-electron chi connectivity index (χ3n) is 4.78. The monoisotopic (exact) mass is 380 g/mol. The SMILES string of the molecule is COc1ccc(CN2C(=O)C(NC(=O)O)C2[C@@H]2COC(C)(C)O2)c(OC)c1. The minimum absolute atomic E-state index is 0.259. The van der Waals surface area contributed by atoms with Crippen molar-refractivity contribution in [1.29, 1.82) is 0 Å². The zero-order valence-corrected chi connectivity index (χ0v) is 15.7. The van der Waals surface area contributed by atoms with Gasteiger partial charge >= 0.3 is 6.09 Å². The largest absolute Gasteiger partial charge is 0.497 e. The van der Waals surface area contributed by atoms with Crippen LogP contribution in [0.25, 0.3) is 0 Å². The highest BCUT2D eigenvalue weighted by Crippen LogP contribution is 2.35. The lowest BCUT2D eigenvalue weighted by molar-refractivity contribution is -0.174. The van der Waals surface area contributed by atoms with Gasteiger partial charge in [0, 0.05) is 18.2 Å². The molecule has 2 fully saturated rings. The molecule has 0 saturated carbocycles. The maximum absolute atomic E-state index is 12.6. The first-order valence-corrected chi connectivity index (χ1v) is 8.58. The molecule has 2 saturated heterocycles. The van der Waals surface area contributed by atoms with Gasteiger partial charge in [-0.2, -0.15) is 0 Å². The number of carboxylic acid groups (broad SMARTS) is 1. The Morgan fingerprint density at radius 2 is 2.11 bits per heavy atom. The quantitative estimate of drug-likeness (QED) is 0.714. The lowest BCUT2D eigenvalue weighted by Crippen LogP contribution is -2.74. The predicted octanol–water partition coefficient (Wildman–Crippen LogP) is 1.20. The van der Waals surface area contributed by atoms with E-state index in [1.54, 1.807) is 45.1 Å². The Bertz CT molecular complexity index is 736. The van der Waals surface area contributed by atoms with Crippen LogP contribution < -0.4 is 14.8 Å². The summed E-state index contributed by atoms with van der Waals surface area (Å²) in [5.74, 6) is 0.135. The summed E-state index contributed by atoms with van der Waals surface area (Å²) < 4.78 is 22.1. The zero-order valence-electron chi connectivity index (χ0n) is 15.7. The third-order valence-corrected chi connectivity index (χ3v) is 4.78. The number of rotatable bonds is 6. The van der Waals surface area contributed by atoms with E-state index < -0.39 is 30.1 Å². The molecule has 0 spiro atoms. The molecule has 2 aliphatic rings. The average Bonchev–Trinajstić information content (AvgIpc) is 2.98. The maximum Gasteiger partial charge on any atom is 0.405 e. The Balaban J connectivity index is 1.82. The maximum atomic E-state index is 12.6. The second kappa shape index (κ2) is 7.24. The standard InChI is InChI=1S/C18H24N2O7/c1-18(2)26-9-13(27-18)15-14(19-17(22)23)16(21)20(15)8-10-5-6-11(24-3)7-12(10)25-4/h5-7,13-15,19H,8-9H2,1-4H3,(H,22,23)/t13-,14?,15?/m0/s1. The second-order valence-corrected chi connectivity index (χ2v) is 6.93. The number of methoxy groups -OCH3 is 2. The number of likely N-dealkylation sites (tertiary alicyclic amines) is 1. The first-order valence-electron chi connectivity index (χ1n) is 8.58. The summed E-state index contributed by atoms with van der Waals surface area (Å²) in [6.07, 6.45) is -1.68. The van der Waals surface area contributed by atoms with Gasteiger partial charge in [0.1, 0.15) is 23.6 Å². The second-order valence-electron chi connectivity index (χ2n) is 6.93. The van der Waals surface area contributed by atoms with E-state index in [9.17, 15) is 9.59 Å². The highest BCUT2D eigenvalue weighted by atomic mass is 16.7. The summed E-state index contributed by atoms with van der Waals surface area (Å²) in [5.41, 5.74) is 0.781. The number of nitrogens with zero attached hydrogens (tertiary/aromatic N) is 1. The molecular formula is C18H24N2O7. The molecule has 9 heteroatoms. The van der Waals surface area contributed by atoms with E-state index in [1.807, 2.05) is 6.07 Å². The number of carbonyl (C=O) groups excluding carboxylic acids is 1. The molecule has 2 N–H and O–H groups in total. The van der Waals surface area contributed by atoms with Gasteiger partial charge in [0.2, 0.25) is 5.91 Å². The van der Waals surface area contributed by atoms with E-state index >= 15 is 0 Å². The molecule has 2 unspecified atom stereocenters. The number of hydrogen-bond acceptors (Lipinski definition) is 6. The Kier molecular flexibility index (Phi) is 5.16. The molecular weight excluding hydrogens is 356 g/mol. The number of hydrogen-bond donors (Lipinski definition) is 2. The molecule has 1 aromatic carbocycles. The van der Waals surface area contributed by atoms with Crippen LogP contribution in [-0.2, 0) is 20.8 Å². The number of β-lactam (4-membered cyclic amide) rings is 1. The van der Waals surface area contributed by atoms with Crippen LogP contribution >= 0.6 is 0 Å². The van der Waals surface area contributed by atoms with E-state index in [1.165, 1.54) is 0 Å². The van der Waals surface area contributed by atoms with Crippen LogP contribution in [0.1, 0.15) is 19.4 Å². The summed E-state index contributed by atoms with van der Waals surface area (Å²) in [6.45, 7) is 4.10. The van der Waals surface area contributed by atoms with Crippen LogP contribution in [0.3, 0.4) is 0 Å². The van der Waals surface area contributed by atoms with Gasteiger partial charge in [0.05, 0.1) is 26.9 Å². The van der Waals surface area contributed by atoms with Gasteiger partial charge < -0.3 is 34.3 Å². The minimum atomic E-state index is -1.25. The fourth-order valence-corrected chi connectivity index (χ4v) is 3.50. The number of amides is 2. The zero-order chi connectivity index (χ0) is 19.8. The Morgan fingerprint density at radius 1 is 1.37 bits per heavy atom. The van der Waals surface area contributed by atoms with Gasteiger partial charge in [0.25, 0.3) is 0 Å². The van der Waals surface area contributed by atoms with Crippen LogP contribution in [0.2, 0.25) is 0 Å². The first-order chi connectivity index (χ1) is 12.8. The summed E-state index contributed by atoms with van der Waals surface area (Å²) in [4.78, 5) is 25.3. The fourth-order valence-electron chi connectivity index (χ4n) is 3.50. The fraction of sp³-hybridized carbons (Fsp3) is 0.556. The third kappa shape index (κ3) is 3.79. The molecule has 2 heterocycles. The van der Waals surface area contributed by atoms with Gasteiger partial charge in [0.15, 0.2) is 5.79 Å². The molecule has 148 valence electrons. The number of carbonyl (C=O) groups is 2. The topological polar surface area (TPSA) is 107 Å². The summed E-state index contributed by atoms with van der Waals surface area (Å²) in [5, 5.41) is 11.3. The molecule has 0 bridgehead atoms. The van der Waals surface area contributed by atoms with Crippen LogP contribution in [0.5, 0.6) is 11.5 Å². The lowest BCUT2D eigenvalue weighted by Gasteiger charge is -2.49. The molecule has 1 aromatic rings. The van der Waals surface area contributed by atoms with Crippen LogP contribution in [0.15, 0.2) is 18.2 Å². The van der Waals surface area contributed by atoms with Crippen molar-refractivity contribution in [2.75, 3.05) is 20.8 Å². The Labute approximate surface area is 157 Å². The molecule has 3 rings (SSSR count). The predicted molar refractivity (Wildman–Crippen MR) is 93.7 cm³/mol. The highest BCUT2D eigenvalue weighted by Gasteiger charge is 2.55. The van der Waals surface area contributed by atoms with Crippen molar-refractivity contribution < 1.29 is 33.6 Å². The van der Waals surface area contributed by atoms with Crippen molar-refractivity contribution in [3.05, 3.63) is 23.8 Å². The molecule has 9 nitrogen and oxygen atoms in total.